The van der Waals surface area contributed by atoms with E-state index >= 15 is 0 Å². The molecule has 0 spiro atoms. The average Bonchev–Trinajstić information content (AvgIpc) is 2.25. The number of carbonyl (C=O) groups is 2. The Morgan fingerprint density at radius 1 is 0.947 bits per heavy atom. The molecule has 0 unspecified atom stereocenters. The molecule has 0 aliphatic heterocycles. The summed E-state index contributed by atoms with van der Waals surface area (Å²) in [6.45, 7) is 3.15. The second kappa shape index (κ2) is 4.71. The lowest BCUT2D eigenvalue weighted by Crippen LogP contribution is -2.46. The van der Waals surface area contributed by atoms with Crippen LogP contribution in [0.4, 0.5) is 0 Å². The van der Waals surface area contributed by atoms with Crippen LogP contribution >= 0.6 is 0 Å². The lowest BCUT2D eigenvalue weighted by Gasteiger charge is -2.57. The number of hydrogen-bond donors (Lipinski definition) is 0. The molecule has 0 saturated heterocycles. The molecule has 0 amide bonds. The van der Waals surface area contributed by atoms with Crippen molar-refractivity contribution in [3.63, 3.8) is 0 Å². The van der Waals surface area contributed by atoms with Crippen molar-refractivity contribution in [2.24, 2.45) is 29.1 Å². The van der Waals surface area contributed by atoms with Crippen LogP contribution in [0.5, 0.6) is 0 Å². The first-order valence-electron chi connectivity index (χ1n) is 7.98. The summed E-state index contributed by atoms with van der Waals surface area (Å²) in [5.74, 6) is 2.68. The molecule has 2 nitrogen and oxygen atoms in total. The normalized spacial score (nSPS) is 39.8. The van der Waals surface area contributed by atoms with Crippen molar-refractivity contribution >= 4 is 11.6 Å². The summed E-state index contributed by atoms with van der Waals surface area (Å²) in [6, 6.07) is 0. The third kappa shape index (κ3) is 2.51. The monoisotopic (exact) mass is 262 g/mol. The van der Waals surface area contributed by atoms with Gasteiger partial charge in [0.1, 0.15) is 11.6 Å². The van der Waals surface area contributed by atoms with Gasteiger partial charge in [0.05, 0.1) is 5.92 Å². The van der Waals surface area contributed by atoms with E-state index in [-0.39, 0.29) is 17.5 Å². The molecule has 4 aliphatic rings. The number of carbonyl (C=O) groups excluding carboxylic acids is 2. The maximum Gasteiger partial charge on any atom is 0.140 e. The Balaban J connectivity index is 1.66. The van der Waals surface area contributed by atoms with Crippen molar-refractivity contribution in [1.29, 1.82) is 0 Å². The largest absolute Gasteiger partial charge is 0.299 e. The first-order chi connectivity index (χ1) is 8.97. The lowest BCUT2D eigenvalue weighted by atomic mass is 9.48. The summed E-state index contributed by atoms with van der Waals surface area (Å²) in [5.41, 5.74) is 0.498. The standard InChI is InChI=1S/C17H26O2/c1-11(18)16(12(2)19)3-4-17-8-13-5-14(9-17)7-15(6-13)10-17/h13-16H,3-10H2,1-2H3. The summed E-state index contributed by atoms with van der Waals surface area (Å²) in [5, 5.41) is 0. The zero-order valence-electron chi connectivity index (χ0n) is 12.3. The summed E-state index contributed by atoms with van der Waals surface area (Å²) in [6.07, 6.45) is 10.4. The van der Waals surface area contributed by atoms with Gasteiger partial charge in [-0.25, -0.2) is 0 Å². The van der Waals surface area contributed by atoms with Gasteiger partial charge in [-0.15, -0.1) is 0 Å². The molecular formula is C17H26O2. The fraction of sp³-hybridized carbons (Fsp3) is 0.882. The lowest BCUT2D eigenvalue weighted by molar-refractivity contribution is -0.131. The van der Waals surface area contributed by atoms with Crippen LogP contribution in [-0.4, -0.2) is 11.6 Å². The highest BCUT2D eigenvalue weighted by atomic mass is 16.1. The van der Waals surface area contributed by atoms with Gasteiger partial charge in [0.2, 0.25) is 0 Å². The molecule has 0 aromatic carbocycles. The molecule has 0 N–H and O–H groups in total. The molecule has 4 rings (SSSR count). The Labute approximate surface area is 116 Å². The van der Waals surface area contributed by atoms with Crippen LogP contribution in [0.3, 0.4) is 0 Å². The Kier molecular flexibility index (Phi) is 3.31. The van der Waals surface area contributed by atoms with E-state index in [4.69, 9.17) is 0 Å². The van der Waals surface area contributed by atoms with Gasteiger partial charge in [0.15, 0.2) is 0 Å². The maximum absolute atomic E-state index is 11.6. The van der Waals surface area contributed by atoms with E-state index in [1.165, 1.54) is 38.5 Å². The predicted octanol–water partition coefficient (Wildman–Crippen LogP) is 3.78. The Morgan fingerprint density at radius 2 is 1.37 bits per heavy atom. The zero-order valence-corrected chi connectivity index (χ0v) is 12.3. The van der Waals surface area contributed by atoms with Crippen LogP contribution in [0.2, 0.25) is 0 Å². The molecule has 4 saturated carbocycles. The molecule has 106 valence electrons. The number of hydrogen-bond acceptors (Lipinski definition) is 2. The fourth-order valence-electron chi connectivity index (χ4n) is 5.74. The maximum atomic E-state index is 11.6. The number of ketones is 2. The Hall–Kier alpha value is -0.660. The molecule has 0 aromatic rings. The molecule has 2 heteroatoms. The van der Waals surface area contributed by atoms with E-state index in [1.54, 1.807) is 13.8 Å². The first kappa shape index (κ1) is 13.3. The summed E-state index contributed by atoms with van der Waals surface area (Å²) < 4.78 is 0. The molecule has 4 aliphatic carbocycles. The molecule has 0 radical (unpaired) electrons. The van der Waals surface area contributed by atoms with E-state index in [2.05, 4.69) is 0 Å². The van der Waals surface area contributed by atoms with Crippen LogP contribution in [0.1, 0.15) is 65.2 Å². The van der Waals surface area contributed by atoms with Gasteiger partial charge in [-0.3, -0.25) is 9.59 Å². The Morgan fingerprint density at radius 3 is 1.74 bits per heavy atom. The third-order valence-corrected chi connectivity index (χ3v) is 6.11. The topological polar surface area (TPSA) is 34.1 Å². The van der Waals surface area contributed by atoms with Gasteiger partial charge < -0.3 is 0 Å². The summed E-state index contributed by atoms with van der Waals surface area (Å²) in [7, 11) is 0. The smallest absolute Gasteiger partial charge is 0.140 e. The van der Waals surface area contributed by atoms with Crippen LogP contribution < -0.4 is 0 Å². The predicted molar refractivity (Wildman–Crippen MR) is 74.7 cm³/mol. The molecule has 19 heavy (non-hydrogen) atoms. The number of Topliss-reactive ketones (excluding diaryl/α,β-unsaturated/α-hetero) is 2. The second-order valence-corrected chi connectivity index (χ2v) is 7.73. The van der Waals surface area contributed by atoms with E-state index in [9.17, 15) is 9.59 Å². The first-order valence-corrected chi connectivity index (χ1v) is 7.98. The average molecular weight is 262 g/mol. The van der Waals surface area contributed by atoms with Crippen molar-refractivity contribution < 1.29 is 9.59 Å². The van der Waals surface area contributed by atoms with E-state index in [1.807, 2.05) is 0 Å². The van der Waals surface area contributed by atoms with Gasteiger partial charge in [0, 0.05) is 0 Å². The minimum Gasteiger partial charge on any atom is -0.299 e. The highest BCUT2D eigenvalue weighted by molar-refractivity contribution is 6.00. The minimum absolute atomic E-state index is 0.0669. The van der Waals surface area contributed by atoms with Crippen molar-refractivity contribution in [2.75, 3.05) is 0 Å². The van der Waals surface area contributed by atoms with Crippen LogP contribution in [0.25, 0.3) is 0 Å². The molecule has 0 aromatic heterocycles. The van der Waals surface area contributed by atoms with Gasteiger partial charge in [-0.05, 0) is 88.4 Å². The van der Waals surface area contributed by atoms with Crippen LogP contribution in [-0.2, 0) is 9.59 Å². The molecule has 4 bridgehead atoms. The quantitative estimate of drug-likeness (QED) is 0.707. The van der Waals surface area contributed by atoms with Gasteiger partial charge in [-0.2, -0.15) is 0 Å². The van der Waals surface area contributed by atoms with Crippen LogP contribution in [0.15, 0.2) is 0 Å². The SMILES string of the molecule is CC(=O)C(CCC12CC3CC(CC(C3)C1)C2)C(C)=O. The fourth-order valence-corrected chi connectivity index (χ4v) is 5.74. The van der Waals surface area contributed by atoms with Crippen LogP contribution in [0, 0.1) is 29.1 Å². The van der Waals surface area contributed by atoms with E-state index < -0.39 is 0 Å². The van der Waals surface area contributed by atoms with Crippen molar-refractivity contribution in [3.05, 3.63) is 0 Å². The highest BCUT2D eigenvalue weighted by Gasteiger charge is 2.50. The zero-order chi connectivity index (χ0) is 13.6. The minimum atomic E-state index is -0.326. The third-order valence-electron chi connectivity index (χ3n) is 6.11. The van der Waals surface area contributed by atoms with Gasteiger partial charge in [0.25, 0.3) is 0 Å². The molecule has 0 atom stereocenters. The summed E-state index contributed by atoms with van der Waals surface area (Å²) >= 11 is 0. The van der Waals surface area contributed by atoms with Crippen molar-refractivity contribution in [3.8, 4) is 0 Å². The van der Waals surface area contributed by atoms with Gasteiger partial charge in [-0.1, -0.05) is 0 Å². The second-order valence-electron chi connectivity index (χ2n) is 7.73. The van der Waals surface area contributed by atoms with Crippen molar-refractivity contribution in [2.45, 2.75) is 65.2 Å². The van der Waals surface area contributed by atoms with E-state index in [0.717, 1.165) is 30.6 Å². The number of rotatable bonds is 5. The Bertz CT molecular complexity index is 347. The highest BCUT2D eigenvalue weighted by Crippen LogP contribution is 2.61. The van der Waals surface area contributed by atoms with Gasteiger partial charge >= 0.3 is 0 Å². The van der Waals surface area contributed by atoms with Crippen molar-refractivity contribution in [1.82, 2.24) is 0 Å². The summed E-state index contributed by atoms with van der Waals surface area (Å²) in [4.78, 5) is 23.2. The molecule has 0 heterocycles. The molecule has 4 fully saturated rings. The van der Waals surface area contributed by atoms with E-state index in [0.29, 0.717) is 5.41 Å². The molecular weight excluding hydrogens is 236 g/mol.